The van der Waals surface area contributed by atoms with E-state index >= 15 is 0 Å². The minimum absolute atomic E-state index is 0.182. The fourth-order valence-electron chi connectivity index (χ4n) is 3.86. The lowest BCUT2D eigenvalue weighted by atomic mass is 9.89. The van der Waals surface area contributed by atoms with Gasteiger partial charge in [0.05, 0.1) is 0 Å². The van der Waals surface area contributed by atoms with Crippen LogP contribution in [0.25, 0.3) is 0 Å². The monoisotopic (exact) mass is 352 g/mol. The van der Waals surface area contributed by atoms with E-state index in [4.69, 9.17) is 0 Å². The van der Waals surface area contributed by atoms with Crippen molar-refractivity contribution in [2.45, 2.75) is 63.1 Å². The summed E-state index contributed by atoms with van der Waals surface area (Å²) in [6.07, 6.45) is 6.92. The first-order chi connectivity index (χ1) is 12.0. The van der Waals surface area contributed by atoms with Gasteiger partial charge in [-0.1, -0.05) is 25.3 Å². The maximum absolute atomic E-state index is 13.4. The van der Waals surface area contributed by atoms with Gasteiger partial charge in [-0.05, 0) is 43.4 Å². The van der Waals surface area contributed by atoms with Gasteiger partial charge in [-0.15, -0.1) is 0 Å². The molecular formula is C19H26F2N2O2. The number of carbonyl (C=O) groups is 1. The number of carbonyl (C=O) groups excluding carboxylic acids is 1. The first kappa shape index (κ1) is 18.3. The van der Waals surface area contributed by atoms with Crippen LogP contribution in [-0.2, 0) is 11.3 Å². The Morgan fingerprint density at radius 3 is 2.64 bits per heavy atom. The van der Waals surface area contributed by atoms with Crippen LogP contribution in [0.15, 0.2) is 18.2 Å². The molecule has 1 atom stereocenters. The first-order valence-corrected chi connectivity index (χ1v) is 9.17. The predicted molar refractivity (Wildman–Crippen MR) is 90.8 cm³/mol. The number of benzene rings is 1. The summed E-state index contributed by atoms with van der Waals surface area (Å²) in [5.74, 6) is -2.15. The topological polar surface area (TPSA) is 52.6 Å². The highest BCUT2D eigenvalue weighted by atomic mass is 19.2. The van der Waals surface area contributed by atoms with Crippen LogP contribution in [0.4, 0.5) is 8.78 Å². The maximum Gasteiger partial charge on any atom is 0.256 e. The quantitative estimate of drug-likeness (QED) is 0.857. The number of amides is 1. The lowest BCUT2D eigenvalue weighted by molar-refractivity contribution is -0.157. The van der Waals surface area contributed by atoms with Crippen LogP contribution in [0.5, 0.6) is 0 Å². The lowest BCUT2D eigenvalue weighted by Gasteiger charge is -2.39. The minimum atomic E-state index is -1.41. The molecule has 2 fully saturated rings. The van der Waals surface area contributed by atoms with Gasteiger partial charge in [0.1, 0.15) is 0 Å². The molecule has 1 saturated heterocycles. The fraction of sp³-hybridized carbons (Fsp3) is 0.632. The number of nitrogens with zero attached hydrogens (tertiary/aromatic N) is 1. The highest BCUT2D eigenvalue weighted by Gasteiger charge is 2.42. The predicted octanol–water partition coefficient (Wildman–Crippen LogP) is 2.74. The van der Waals surface area contributed by atoms with Gasteiger partial charge in [0.15, 0.2) is 17.2 Å². The number of aliphatic hydroxyl groups is 1. The molecule has 1 heterocycles. The molecule has 138 valence electrons. The summed E-state index contributed by atoms with van der Waals surface area (Å²) in [7, 11) is 0. The largest absolute Gasteiger partial charge is 0.379 e. The van der Waals surface area contributed by atoms with E-state index in [2.05, 4.69) is 5.32 Å². The number of piperidine rings is 1. The van der Waals surface area contributed by atoms with Crippen molar-refractivity contribution in [2.24, 2.45) is 0 Å². The smallest absolute Gasteiger partial charge is 0.256 e. The SMILES string of the molecule is O=C1N(Cc2ccc(F)c(F)c2)CCCC1(O)CNC1CCCCC1. The number of likely N-dealkylation sites (tertiary alicyclic amines) is 1. The third kappa shape index (κ3) is 4.36. The van der Waals surface area contributed by atoms with E-state index in [9.17, 15) is 18.7 Å². The summed E-state index contributed by atoms with van der Waals surface area (Å²) in [5, 5.41) is 14.2. The second kappa shape index (κ2) is 7.79. The summed E-state index contributed by atoms with van der Waals surface area (Å²) >= 11 is 0. The van der Waals surface area contributed by atoms with E-state index in [0.717, 1.165) is 25.0 Å². The van der Waals surface area contributed by atoms with Gasteiger partial charge in [0, 0.05) is 25.7 Å². The summed E-state index contributed by atoms with van der Waals surface area (Å²) < 4.78 is 26.4. The molecule has 2 N–H and O–H groups in total. The molecule has 25 heavy (non-hydrogen) atoms. The minimum Gasteiger partial charge on any atom is -0.379 e. The molecule has 0 aromatic heterocycles. The third-order valence-corrected chi connectivity index (χ3v) is 5.35. The molecule has 6 heteroatoms. The van der Waals surface area contributed by atoms with Crippen molar-refractivity contribution in [3.63, 3.8) is 0 Å². The molecule has 1 aromatic carbocycles. The standard InChI is InChI=1S/C19H26F2N2O2/c20-16-8-7-14(11-17(16)21)12-23-10-4-9-19(25,18(23)24)13-22-15-5-2-1-3-6-15/h7-8,11,15,22,25H,1-6,9-10,12-13H2. The second-order valence-corrected chi connectivity index (χ2v) is 7.33. The van der Waals surface area contributed by atoms with Crippen LogP contribution < -0.4 is 5.32 Å². The normalized spacial score (nSPS) is 25.4. The van der Waals surface area contributed by atoms with Crippen LogP contribution in [-0.4, -0.2) is 40.6 Å². The number of hydrogen-bond donors (Lipinski definition) is 2. The van der Waals surface area contributed by atoms with E-state index in [1.165, 1.54) is 25.3 Å². The summed E-state index contributed by atoms with van der Waals surface area (Å²) in [6.45, 7) is 0.954. The summed E-state index contributed by atoms with van der Waals surface area (Å²) in [5.41, 5.74) is -0.884. The third-order valence-electron chi connectivity index (χ3n) is 5.35. The van der Waals surface area contributed by atoms with Gasteiger partial charge in [-0.3, -0.25) is 4.79 Å². The summed E-state index contributed by atoms with van der Waals surface area (Å²) in [4.78, 5) is 14.3. The van der Waals surface area contributed by atoms with Crippen LogP contribution in [0.1, 0.15) is 50.5 Å². The van der Waals surface area contributed by atoms with Crippen LogP contribution in [0, 0.1) is 11.6 Å². The Labute approximate surface area is 147 Å². The number of rotatable bonds is 5. The molecule has 2 aliphatic rings. The highest BCUT2D eigenvalue weighted by Crippen LogP contribution is 2.25. The molecule has 1 aromatic rings. The molecule has 1 amide bonds. The van der Waals surface area contributed by atoms with Gasteiger partial charge >= 0.3 is 0 Å². The highest BCUT2D eigenvalue weighted by molar-refractivity contribution is 5.86. The Kier molecular flexibility index (Phi) is 5.69. The number of nitrogens with one attached hydrogen (secondary N) is 1. The van der Waals surface area contributed by atoms with Crippen molar-refractivity contribution >= 4 is 5.91 Å². The molecular weight excluding hydrogens is 326 g/mol. The van der Waals surface area contributed by atoms with Crippen molar-refractivity contribution in [1.29, 1.82) is 0 Å². The van der Waals surface area contributed by atoms with Crippen molar-refractivity contribution in [3.8, 4) is 0 Å². The van der Waals surface area contributed by atoms with E-state index in [1.54, 1.807) is 4.90 Å². The van der Waals surface area contributed by atoms with Gasteiger partial charge in [0.25, 0.3) is 5.91 Å². The number of hydrogen-bond acceptors (Lipinski definition) is 3. The molecule has 0 radical (unpaired) electrons. The molecule has 1 saturated carbocycles. The van der Waals surface area contributed by atoms with Gasteiger partial charge < -0.3 is 15.3 Å². The molecule has 4 nitrogen and oxygen atoms in total. The van der Waals surface area contributed by atoms with Crippen LogP contribution in [0.3, 0.4) is 0 Å². The average molecular weight is 352 g/mol. The lowest BCUT2D eigenvalue weighted by Crippen LogP contribution is -2.58. The van der Waals surface area contributed by atoms with Gasteiger partial charge in [0.2, 0.25) is 0 Å². The Hall–Kier alpha value is -1.53. The van der Waals surface area contributed by atoms with Crippen LogP contribution >= 0.6 is 0 Å². The Balaban J connectivity index is 1.61. The van der Waals surface area contributed by atoms with E-state index in [-0.39, 0.29) is 19.0 Å². The van der Waals surface area contributed by atoms with Crippen molar-refractivity contribution in [3.05, 3.63) is 35.4 Å². The van der Waals surface area contributed by atoms with Gasteiger partial charge in [-0.2, -0.15) is 0 Å². The molecule has 1 aliphatic carbocycles. The average Bonchev–Trinajstić information content (AvgIpc) is 2.62. The zero-order chi connectivity index (χ0) is 17.9. The Bertz CT molecular complexity index is 619. The van der Waals surface area contributed by atoms with E-state index in [1.807, 2.05) is 0 Å². The zero-order valence-corrected chi connectivity index (χ0v) is 14.4. The van der Waals surface area contributed by atoms with Crippen LogP contribution in [0.2, 0.25) is 0 Å². The molecule has 0 spiro atoms. The first-order valence-electron chi connectivity index (χ1n) is 9.17. The van der Waals surface area contributed by atoms with Crippen molar-refractivity contribution in [2.75, 3.05) is 13.1 Å². The fourth-order valence-corrected chi connectivity index (χ4v) is 3.86. The van der Waals surface area contributed by atoms with Crippen molar-refractivity contribution in [1.82, 2.24) is 10.2 Å². The Morgan fingerprint density at radius 2 is 1.92 bits per heavy atom. The second-order valence-electron chi connectivity index (χ2n) is 7.33. The molecule has 3 rings (SSSR count). The maximum atomic E-state index is 13.4. The zero-order valence-electron chi connectivity index (χ0n) is 14.4. The number of halogens is 2. The van der Waals surface area contributed by atoms with Gasteiger partial charge in [-0.25, -0.2) is 8.78 Å². The molecule has 1 unspecified atom stereocenters. The Morgan fingerprint density at radius 1 is 1.16 bits per heavy atom. The van der Waals surface area contributed by atoms with E-state index < -0.39 is 17.2 Å². The molecule has 0 bridgehead atoms. The van der Waals surface area contributed by atoms with Crippen molar-refractivity contribution < 1.29 is 18.7 Å². The van der Waals surface area contributed by atoms with E-state index in [0.29, 0.717) is 31.0 Å². The molecule has 1 aliphatic heterocycles. The summed E-state index contributed by atoms with van der Waals surface area (Å²) in [6, 6.07) is 4.01.